The summed E-state index contributed by atoms with van der Waals surface area (Å²) in [6.45, 7) is 0. The molecule has 2 nitrogen and oxygen atoms in total. The van der Waals surface area contributed by atoms with E-state index in [1.165, 1.54) is 65.6 Å². The maximum atomic E-state index is 2.43. The van der Waals surface area contributed by atoms with Gasteiger partial charge in [0.1, 0.15) is 0 Å². The van der Waals surface area contributed by atoms with E-state index >= 15 is 0 Å². The van der Waals surface area contributed by atoms with Crippen molar-refractivity contribution in [2.45, 2.75) is 0 Å². The maximum absolute atomic E-state index is 2.43. The number of rotatable bonds is 6. The Morgan fingerprint density at radius 2 is 0.827 bits per heavy atom. The summed E-state index contributed by atoms with van der Waals surface area (Å²) in [5.74, 6) is 0. The molecule has 0 amide bonds. The van der Waals surface area contributed by atoms with Crippen LogP contribution >= 0.6 is 0 Å². The molecule has 10 aromatic rings. The highest BCUT2D eigenvalue weighted by Gasteiger charge is 2.20. The number of hydrogen-bond donors (Lipinski definition) is 0. The summed E-state index contributed by atoms with van der Waals surface area (Å²) < 4.78 is 2.40. The Morgan fingerprint density at radius 1 is 0.308 bits per heavy atom. The van der Waals surface area contributed by atoms with Crippen molar-refractivity contribution in [3.05, 3.63) is 206 Å². The second-order valence-electron chi connectivity index (χ2n) is 13.4. The maximum Gasteiger partial charge on any atom is 0.0561 e. The molecule has 0 unspecified atom stereocenters. The Hall–Kier alpha value is -6.90. The van der Waals surface area contributed by atoms with Crippen LogP contribution in [0.15, 0.2) is 206 Å². The first-order chi connectivity index (χ1) is 25.8. The van der Waals surface area contributed by atoms with Gasteiger partial charge in [0.2, 0.25) is 0 Å². The average Bonchev–Trinajstić information content (AvgIpc) is 3.55. The van der Waals surface area contributed by atoms with Gasteiger partial charge in [0.15, 0.2) is 0 Å². The Morgan fingerprint density at radius 3 is 1.60 bits per heavy atom. The van der Waals surface area contributed by atoms with Gasteiger partial charge in [-0.1, -0.05) is 152 Å². The number of benzene rings is 9. The van der Waals surface area contributed by atoms with Crippen LogP contribution in [0.1, 0.15) is 0 Å². The minimum Gasteiger partial charge on any atom is -0.310 e. The lowest BCUT2D eigenvalue weighted by atomic mass is 9.93. The van der Waals surface area contributed by atoms with Crippen LogP contribution in [0.5, 0.6) is 0 Å². The highest BCUT2D eigenvalue weighted by atomic mass is 15.1. The molecule has 0 atom stereocenters. The third kappa shape index (κ3) is 5.04. The van der Waals surface area contributed by atoms with Gasteiger partial charge in [-0.15, -0.1) is 0 Å². The molecule has 0 aliphatic carbocycles. The van der Waals surface area contributed by atoms with Gasteiger partial charge in [-0.05, 0) is 98.4 Å². The summed E-state index contributed by atoms with van der Waals surface area (Å²) >= 11 is 0. The van der Waals surface area contributed by atoms with Crippen LogP contribution in [0.3, 0.4) is 0 Å². The summed E-state index contributed by atoms with van der Waals surface area (Å²) in [5, 5.41) is 7.44. The fourth-order valence-corrected chi connectivity index (χ4v) is 7.93. The zero-order chi connectivity index (χ0) is 34.4. The minimum atomic E-state index is 1.10. The van der Waals surface area contributed by atoms with E-state index in [1.807, 2.05) is 0 Å². The second kappa shape index (κ2) is 12.5. The normalized spacial score (nSPS) is 11.5. The summed E-state index contributed by atoms with van der Waals surface area (Å²) in [4.78, 5) is 2.43. The van der Waals surface area contributed by atoms with Crippen molar-refractivity contribution in [3.63, 3.8) is 0 Å². The Balaban J connectivity index is 1.26. The lowest BCUT2D eigenvalue weighted by Crippen LogP contribution is -2.10. The first kappa shape index (κ1) is 30.0. The Kier molecular flexibility index (Phi) is 7.18. The summed E-state index contributed by atoms with van der Waals surface area (Å²) in [5.41, 5.74) is 11.6. The Bertz CT molecular complexity index is 2890. The molecule has 1 aromatic heterocycles. The van der Waals surface area contributed by atoms with Crippen LogP contribution < -0.4 is 4.90 Å². The molecule has 0 spiro atoms. The lowest BCUT2D eigenvalue weighted by molar-refractivity contribution is 1.18. The van der Waals surface area contributed by atoms with Crippen LogP contribution in [0.2, 0.25) is 0 Å². The second-order valence-corrected chi connectivity index (χ2v) is 13.4. The highest BCUT2D eigenvalue weighted by Crippen LogP contribution is 2.44. The minimum absolute atomic E-state index is 1.10. The van der Waals surface area contributed by atoms with E-state index in [2.05, 4.69) is 216 Å². The van der Waals surface area contributed by atoms with E-state index < -0.39 is 0 Å². The predicted octanol–water partition coefficient (Wildman–Crippen LogP) is 13.9. The number of para-hydroxylation sites is 2. The van der Waals surface area contributed by atoms with Gasteiger partial charge < -0.3 is 9.47 Å². The van der Waals surface area contributed by atoms with E-state index in [9.17, 15) is 0 Å². The summed E-state index contributed by atoms with van der Waals surface area (Å²) in [6.07, 6.45) is 0. The van der Waals surface area contributed by atoms with Crippen molar-refractivity contribution < 1.29 is 0 Å². The van der Waals surface area contributed by atoms with Gasteiger partial charge in [-0.3, -0.25) is 0 Å². The molecule has 0 aliphatic rings. The van der Waals surface area contributed by atoms with Gasteiger partial charge in [-0.2, -0.15) is 0 Å². The van der Waals surface area contributed by atoms with Gasteiger partial charge in [0.25, 0.3) is 0 Å². The molecule has 52 heavy (non-hydrogen) atoms. The molecule has 0 saturated heterocycles. The molecule has 0 radical (unpaired) electrons. The molecule has 0 aliphatic heterocycles. The standard InChI is InChI=1S/C50H34N2/c1-4-14-35(15-5-1)44-30-28-41(33-47(44)36-16-6-2-7-17-36)51(40-27-26-38-25-24-37-18-10-11-21-43(37)48(38)32-40)42-29-31-46-45-22-12-13-23-49(45)52(50(46)34-42)39-19-8-3-9-20-39/h1-34H. The van der Waals surface area contributed by atoms with E-state index in [-0.39, 0.29) is 0 Å². The zero-order valence-corrected chi connectivity index (χ0v) is 28.5. The van der Waals surface area contributed by atoms with E-state index in [4.69, 9.17) is 0 Å². The van der Waals surface area contributed by atoms with E-state index in [0.717, 1.165) is 22.7 Å². The molecule has 9 aromatic carbocycles. The average molecular weight is 663 g/mol. The fraction of sp³-hybridized carbons (Fsp3) is 0. The lowest BCUT2D eigenvalue weighted by Gasteiger charge is -2.27. The topological polar surface area (TPSA) is 8.17 Å². The van der Waals surface area contributed by atoms with Crippen molar-refractivity contribution in [1.82, 2.24) is 4.57 Å². The van der Waals surface area contributed by atoms with Crippen molar-refractivity contribution in [2.75, 3.05) is 4.90 Å². The van der Waals surface area contributed by atoms with E-state index in [0.29, 0.717) is 0 Å². The molecule has 0 fully saturated rings. The number of nitrogens with zero attached hydrogens (tertiary/aromatic N) is 2. The third-order valence-electron chi connectivity index (χ3n) is 10.3. The SMILES string of the molecule is c1ccc(-c2ccc(N(c3ccc4ccc5ccccc5c4c3)c3ccc4c5ccccc5n(-c5ccccc5)c4c3)cc2-c2ccccc2)cc1. The van der Waals surface area contributed by atoms with Crippen LogP contribution in [-0.2, 0) is 0 Å². The number of anilines is 3. The molecule has 0 N–H and O–H groups in total. The molecule has 244 valence electrons. The van der Waals surface area contributed by atoms with Crippen LogP contribution in [0.4, 0.5) is 17.1 Å². The van der Waals surface area contributed by atoms with Gasteiger partial charge in [-0.25, -0.2) is 0 Å². The van der Waals surface area contributed by atoms with Gasteiger partial charge in [0, 0.05) is 33.5 Å². The molecular formula is C50H34N2. The van der Waals surface area contributed by atoms with Crippen molar-refractivity contribution in [3.8, 4) is 27.9 Å². The zero-order valence-electron chi connectivity index (χ0n) is 28.5. The fourth-order valence-electron chi connectivity index (χ4n) is 7.93. The van der Waals surface area contributed by atoms with Crippen molar-refractivity contribution >= 4 is 60.4 Å². The van der Waals surface area contributed by atoms with Gasteiger partial charge >= 0.3 is 0 Å². The third-order valence-corrected chi connectivity index (χ3v) is 10.3. The van der Waals surface area contributed by atoms with Crippen molar-refractivity contribution in [1.29, 1.82) is 0 Å². The van der Waals surface area contributed by atoms with Crippen LogP contribution in [0.25, 0.3) is 71.3 Å². The molecule has 0 bridgehead atoms. The first-order valence-corrected chi connectivity index (χ1v) is 17.9. The van der Waals surface area contributed by atoms with E-state index in [1.54, 1.807) is 0 Å². The monoisotopic (exact) mass is 662 g/mol. The molecular weight excluding hydrogens is 629 g/mol. The predicted molar refractivity (Wildman–Crippen MR) is 221 cm³/mol. The molecule has 1 heterocycles. The van der Waals surface area contributed by atoms with Crippen LogP contribution in [0, 0.1) is 0 Å². The molecule has 2 heteroatoms. The molecule has 10 rings (SSSR count). The van der Waals surface area contributed by atoms with Gasteiger partial charge in [0.05, 0.1) is 11.0 Å². The quantitative estimate of drug-likeness (QED) is 0.161. The highest BCUT2D eigenvalue weighted by molar-refractivity contribution is 6.11. The van der Waals surface area contributed by atoms with Crippen molar-refractivity contribution in [2.24, 2.45) is 0 Å². The largest absolute Gasteiger partial charge is 0.310 e. The van der Waals surface area contributed by atoms with Crippen LogP contribution in [-0.4, -0.2) is 4.57 Å². The Labute approximate surface area is 303 Å². The summed E-state index contributed by atoms with van der Waals surface area (Å²) in [6, 6.07) is 74.8. The first-order valence-electron chi connectivity index (χ1n) is 17.9. The smallest absolute Gasteiger partial charge is 0.0561 e. The molecule has 0 saturated carbocycles. The summed E-state index contributed by atoms with van der Waals surface area (Å²) in [7, 11) is 0. The number of hydrogen-bond acceptors (Lipinski definition) is 1. The number of aromatic nitrogens is 1. The number of fused-ring (bicyclic) bond motifs is 6.